The number of hydrogen-bond acceptors (Lipinski definition) is 0. The average molecular weight is 251 g/mol. The van der Waals surface area contributed by atoms with Crippen LogP contribution in [-0.2, 0) is 0 Å². The molecule has 0 N–H and O–H groups in total. The van der Waals surface area contributed by atoms with Crippen LogP contribution in [0.15, 0.2) is 24.3 Å². The number of aryl methyl sites for hydroxylation is 4. The van der Waals surface area contributed by atoms with Crippen molar-refractivity contribution in [1.82, 2.24) is 0 Å². The third-order valence-electron chi connectivity index (χ3n) is 4.30. The second-order valence-corrected chi connectivity index (χ2v) is 5.62. The lowest BCUT2D eigenvalue weighted by atomic mass is 9.88. The molecule has 0 atom stereocenters. The van der Waals surface area contributed by atoms with Crippen LogP contribution in [0.1, 0.15) is 44.5 Å². The average Bonchev–Trinajstić information content (AvgIpc) is 2.38. The lowest BCUT2D eigenvalue weighted by Crippen LogP contribution is -2.00. The van der Waals surface area contributed by atoms with E-state index in [1.54, 1.807) is 0 Å². The van der Waals surface area contributed by atoms with E-state index >= 15 is 0 Å². The second-order valence-electron chi connectivity index (χ2n) is 5.62. The van der Waals surface area contributed by atoms with Gasteiger partial charge in [-0.25, -0.2) is 0 Å². The Balaban J connectivity index is 2.54. The van der Waals surface area contributed by atoms with Crippen LogP contribution in [0.25, 0.3) is 0 Å². The summed E-state index contributed by atoms with van der Waals surface area (Å²) in [5.41, 5.74) is 10.9. The van der Waals surface area contributed by atoms with E-state index in [1.807, 2.05) is 0 Å². The fourth-order valence-corrected chi connectivity index (χ4v) is 2.53. The van der Waals surface area contributed by atoms with Crippen molar-refractivity contribution in [3.05, 3.63) is 75.2 Å². The van der Waals surface area contributed by atoms with Gasteiger partial charge in [0.1, 0.15) is 0 Å². The largest absolute Gasteiger partial charge is 0.0588 e. The minimum absolute atomic E-state index is 1.35. The summed E-state index contributed by atoms with van der Waals surface area (Å²) in [6, 6.07) is 8.85. The normalized spacial score (nSPS) is 10.8. The van der Waals surface area contributed by atoms with Gasteiger partial charge in [-0.05, 0) is 86.1 Å². The summed E-state index contributed by atoms with van der Waals surface area (Å²) in [4.78, 5) is 0. The predicted molar refractivity (Wildman–Crippen MR) is 83.8 cm³/mol. The first kappa shape index (κ1) is 13.9. The standard InChI is InChI=1S/C19H23/c1-12-7-9-14(3)18(16(12)5)11-19-15(4)10-8-13(2)17(19)6/h7-11H,1-6H3. The molecule has 1 radical (unpaired) electrons. The molecule has 19 heavy (non-hydrogen) atoms. The monoisotopic (exact) mass is 251 g/mol. The van der Waals surface area contributed by atoms with Gasteiger partial charge in [-0.2, -0.15) is 0 Å². The SMILES string of the molecule is Cc1ccc(C)c([CH]c2c(C)ccc(C)c2C)c1C. The molecule has 0 saturated carbocycles. The van der Waals surface area contributed by atoms with Crippen molar-refractivity contribution in [3.8, 4) is 0 Å². The zero-order valence-corrected chi connectivity index (χ0v) is 12.9. The van der Waals surface area contributed by atoms with Crippen molar-refractivity contribution in [2.24, 2.45) is 0 Å². The van der Waals surface area contributed by atoms with Crippen molar-refractivity contribution in [3.63, 3.8) is 0 Å². The maximum atomic E-state index is 2.36. The van der Waals surface area contributed by atoms with E-state index < -0.39 is 0 Å². The first-order valence-corrected chi connectivity index (χ1v) is 6.90. The van der Waals surface area contributed by atoms with Crippen LogP contribution in [0.5, 0.6) is 0 Å². The molecule has 0 aliphatic rings. The molecule has 0 saturated heterocycles. The fourth-order valence-electron chi connectivity index (χ4n) is 2.53. The minimum Gasteiger partial charge on any atom is -0.0588 e. The fraction of sp³-hybridized carbons (Fsp3) is 0.316. The van der Waals surface area contributed by atoms with E-state index in [0.29, 0.717) is 0 Å². The Morgan fingerprint density at radius 2 is 0.842 bits per heavy atom. The summed E-state index contributed by atoms with van der Waals surface area (Å²) in [6.45, 7) is 13.2. The third-order valence-corrected chi connectivity index (χ3v) is 4.30. The molecule has 0 amide bonds. The molecule has 0 heteroatoms. The van der Waals surface area contributed by atoms with Crippen LogP contribution in [0.3, 0.4) is 0 Å². The number of rotatable bonds is 2. The first-order valence-electron chi connectivity index (χ1n) is 6.90. The highest BCUT2D eigenvalue weighted by Crippen LogP contribution is 2.27. The smallest absolute Gasteiger partial charge is 0.0210 e. The maximum Gasteiger partial charge on any atom is 0.0210 e. The van der Waals surface area contributed by atoms with Crippen LogP contribution in [0.2, 0.25) is 0 Å². The Labute approximate surface area is 117 Å². The van der Waals surface area contributed by atoms with E-state index in [-0.39, 0.29) is 0 Å². The van der Waals surface area contributed by atoms with Gasteiger partial charge in [0.25, 0.3) is 0 Å². The molecule has 99 valence electrons. The molecule has 2 aromatic rings. The van der Waals surface area contributed by atoms with Gasteiger partial charge < -0.3 is 0 Å². The van der Waals surface area contributed by atoms with Crippen molar-refractivity contribution >= 4 is 0 Å². The van der Waals surface area contributed by atoms with Gasteiger partial charge in [-0.3, -0.25) is 0 Å². The Hall–Kier alpha value is -1.56. The van der Waals surface area contributed by atoms with Crippen LogP contribution >= 0.6 is 0 Å². The highest BCUT2D eigenvalue weighted by molar-refractivity contribution is 5.54. The molecule has 0 aromatic heterocycles. The van der Waals surface area contributed by atoms with Gasteiger partial charge in [-0.15, -0.1) is 0 Å². The van der Waals surface area contributed by atoms with E-state index in [9.17, 15) is 0 Å². The summed E-state index contributed by atoms with van der Waals surface area (Å²) in [5, 5.41) is 0. The number of benzene rings is 2. The van der Waals surface area contributed by atoms with Gasteiger partial charge in [0.05, 0.1) is 0 Å². The van der Waals surface area contributed by atoms with Crippen molar-refractivity contribution in [1.29, 1.82) is 0 Å². The molecule has 2 rings (SSSR count). The molecule has 0 aliphatic carbocycles. The van der Waals surface area contributed by atoms with E-state index in [4.69, 9.17) is 0 Å². The van der Waals surface area contributed by atoms with Crippen molar-refractivity contribution in [2.45, 2.75) is 41.5 Å². The molecule has 0 aliphatic heterocycles. The van der Waals surface area contributed by atoms with Crippen LogP contribution < -0.4 is 0 Å². The molecule has 0 unspecified atom stereocenters. The lowest BCUT2D eigenvalue weighted by Gasteiger charge is -2.16. The Morgan fingerprint density at radius 1 is 0.526 bits per heavy atom. The highest BCUT2D eigenvalue weighted by atomic mass is 14.2. The van der Waals surface area contributed by atoms with E-state index in [2.05, 4.69) is 72.2 Å². The Kier molecular flexibility index (Phi) is 3.80. The van der Waals surface area contributed by atoms with Crippen LogP contribution in [0.4, 0.5) is 0 Å². The molecule has 0 fully saturated rings. The van der Waals surface area contributed by atoms with Gasteiger partial charge in [-0.1, -0.05) is 24.3 Å². The van der Waals surface area contributed by atoms with Gasteiger partial charge >= 0.3 is 0 Å². The summed E-state index contributed by atoms with van der Waals surface area (Å²) < 4.78 is 0. The van der Waals surface area contributed by atoms with Crippen molar-refractivity contribution in [2.75, 3.05) is 0 Å². The Bertz CT molecular complexity index is 563. The highest BCUT2D eigenvalue weighted by Gasteiger charge is 2.11. The molecular formula is C19H23. The summed E-state index contributed by atoms with van der Waals surface area (Å²) in [7, 11) is 0. The maximum absolute atomic E-state index is 2.36. The lowest BCUT2D eigenvalue weighted by molar-refractivity contribution is 1.18. The van der Waals surface area contributed by atoms with E-state index in [0.717, 1.165) is 0 Å². The van der Waals surface area contributed by atoms with E-state index in [1.165, 1.54) is 44.5 Å². The predicted octanol–water partition coefficient (Wildman–Crippen LogP) is 5.14. The van der Waals surface area contributed by atoms with Gasteiger partial charge in [0.2, 0.25) is 0 Å². The number of hydrogen-bond donors (Lipinski definition) is 0. The van der Waals surface area contributed by atoms with Crippen LogP contribution in [-0.4, -0.2) is 0 Å². The molecule has 0 spiro atoms. The summed E-state index contributed by atoms with van der Waals surface area (Å²) >= 11 is 0. The van der Waals surface area contributed by atoms with Gasteiger partial charge in [0.15, 0.2) is 0 Å². The topological polar surface area (TPSA) is 0 Å². The van der Waals surface area contributed by atoms with Gasteiger partial charge in [0, 0.05) is 6.42 Å². The summed E-state index contributed by atoms with van der Waals surface area (Å²) in [6.07, 6.45) is 2.36. The third kappa shape index (κ3) is 2.58. The molecule has 0 heterocycles. The zero-order valence-electron chi connectivity index (χ0n) is 12.9. The van der Waals surface area contributed by atoms with Crippen LogP contribution in [0, 0.1) is 48.0 Å². The Morgan fingerprint density at radius 3 is 1.21 bits per heavy atom. The molecular weight excluding hydrogens is 228 g/mol. The minimum atomic E-state index is 1.35. The first-order chi connectivity index (χ1) is 8.91. The summed E-state index contributed by atoms with van der Waals surface area (Å²) in [5.74, 6) is 0. The second kappa shape index (κ2) is 5.21. The quantitative estimate of drug-likeness (QED) is 0.693. The molecule has 2 aromatic carbocycles. The molecule has 0 nitrogen and oxygen atoms in total. The van der Waals surface area contributed by atoms with Crippen molar-refractivity contribution < 1.29 is 0 Å². The molecule has 0 bridgehead atoms. The zero-order chi connectivity index (χ0) is 14.2.